The van der Waals surface area contributed by atoms with Crippen LogP contribution in [0.4, 0.5) is 0 Å². The SMILES string of the molecule is CCn1c(Cc2ccccc2)nnc1SCc1nc(-c2ccccc2Cl)no1. The third-order valence-corrected chi connectivity index (χ3v) is 5.50. The Morgan fingerprint density at radius 2 is 1.82 bits per heavy atom. The molecule has 4 rings (SSSR count). The molecular weight excluding hydrogens is 394 g/mol. The van der Waals surface area contributed by atoms with Crippen LogP contribution in [0.2, 0.25) is 5.02 Å². The fraction of sp³-hybridized carbons (Fsp3) is 0.200. The van der Waals surface area contributed by atoms with Gasteiger partial charge in [-0.1, -0.05) is 71.0 Å². The molecule has 0 aliphatic rings. The molecule has 28 heavy (non-hydrogen) atoms. The highest BCUT2D eigenvalue weighted by molar-refractivity contribution is 7.98. The summed E-state index contributed by atoms with van der Waals surface area (Å²) in [6.07, 6.45) is 0.749. The van der Waals surface area contributed by atoms with Crippen LogP contribution in [-0.4, -0.2) is 24.9 Å². The van der Waals surface area contributed by atoms with Gasteiger partial charge in [-0.15, -0.1) is 10.2 Å². The van der Waals surface area contributed by atoms with Gasteiger partial charge in [0.15, 0.2) is 5.16 Å². The molecule has 0 saturated heterocycles. The van der Waals surface area contributed by atoms with Gasteiger partial charge in [-0.05, 0) is 24.6 Å². The van der Waals surface area contributed by atoms with Crippen LogP contribution in [0, 0.1) is 0 Å². The summed E-state index contributed by atoms with van der Waals surface area (Å²) in [6, 6.07) is 17.7. The van der Waals surface area contributed by atoms with Crippen molar-refractivity contribution >= 4 is 23.4 Å². The number of thioether (sulfide) groups is 1. The maximum Gasteiger partial charge on any atom is 0.237 e. The lowest BCUT2D eigenvalue weighted by Crippen LogP contribution is -2.04. The molecule has 6 nitrogen and oxygen atoms in total. The summed E-state index contributed by atoms with van der Waals surface area (Å²) in [7, 11) is 0. The summed E-state index contributed by atoms with van der Waals surface area (Å²) in [4.78, 5) is 4.45. The minimum absolute atomic E-state index is 0.489. The number of aromatic nitrogens is 5. The first-order valence-corrected chi connectivity index (χ1v) is 10.3. The largest absolute Gasteiger partial charge is 0.338 e. The summed E-state index contributed by atoms with van der Waals surface area (Å²) in [5.74, 6) is 2.47. The predicted octanol–water partition coefficient (Wildman–Crippen LogP) is 4.88. The van der Waals surface area contributed by atoms with Gasteiger partial charge in [0.05, 0.1) is 10.8 Å². The van der Waals surface area contributed by atoms with E-state index in [-0.39, 0.29) is 0 Å². The minimum atomic E-state index is 0.489. The zero-order chi connectivity index (χ0) is 19.3. The van der Waals surface area contributed by atoms with E-state index in [9.17, 15) is 0 Å². The van der Waals surface area contributed by atoms with E-state index in [2.05, 4.69) is 44.0 Å². The van der Waals surface area contributed by atoms with Crippen LogP contribution in [0.5, 0.6) is 0 Å². The molecule has 0 unspecified atom stereocenters. The van der Waals surface area contributed by atoms with Gasteiger partial charge in [0.1, 0.15) is 5.82 Å². The lowest BCUT2D eigenvalue weighted by atomic mass is 10.1. The summed E-state index contributed by atoms with van der Waals surface area (Å²) in [5.41, 5.74) is 1.97. The van der Waals surface area contributed by atoms with Crippen LogP contribution in [0.15, 0.2) is 64.3 Å². The Morgan fingerprint density at radius 3 is 2.61 bits per heavy atom. The summed E-state index contributed by atoms with van der Waals surface area (Å²) in [6.45, 7) is 2.89. The molecule has 0 amide bonds. The van der Waals surface area contributed by atoms with Crippen molar-refractivity contribution in [2.24, 2.45) is 0 Å². The van der Waals surface area contributed by atoms with Crippen molar-refractivity contribution in [1.82, 2.24) is 24.9 Å². The predicted molar refractivity (Wildman–Crippen MR) is 109 cm³/mol. The molecule has 0 aliphatic heterocycles. The Morgan fingerprint density at radius 1 is 1.04 bits per heavy atom. The summed E-state index contributed by atoms with van der Waals surface area (Å²) in [5, 5.41) is 14.2. The zero-order valence-electron chi connectivity index (χ0n) is 15.2. The Labute approximate surface area is 172 Å². The van der Waals surface area contributed by atoms with Crippen LogP contribution >= 0.6 is 23.4 Å². The van der Waals surface area contributed by atoms with Crippen LogP contribution in [0.25, 0.3) is 11.4 Å². The maximum atomic E-state index is 6.20. The van der Waals surface area contributed by atoms with Crippen molar-refractivity contribution in [3.05, 3.63) is 76.9 Å². The van der Waals surface area contributed by atoms with Crippen molar-refractivity contribution in [2.75, 3.05) is 0 Å². The third kappa shape index (κ3) is 4.10. The molecule has 0 spiro atoms. The molecule has 0 radical (unpaired) electrons. The van der Waals surface area contributed by atoms with Crippen molar-refractivity contribution < 1.29 is 4.52 Å². The topological polar surface area (TPSA) is 69.6 Å². The van der Waals surface area contributed by atoms with Crippen molar-refractivity contribution in [1.29, 1.82) is 0 Å². The highest BCUT2D eigenvalue weighted by Gasteiger charge is 2.15. The van der Waals surface area contributed by atoms with Crippen LogP contribution in [0.3, 0.4) is 0 Å². The van der Waals surface area contributed by atoms with Crippen LogP contribution in [0.1, 0.15) is 24.2 Å². The van der Waals surface area contributed by atoms with Crippen LogP contribution < -0.4 is 0 Å². The monoisotopic (exact) mass is 411 g/mol. The summed E-state index contributed by atoms with van der Waals surface area (Å²) >= 11 is 7.73. The molecule has 0 bridgehead atoms. The number of nitrogens with zero attached hydrogens (tertiary/aromatic N) is 5. The standard InChI is InChI=1S/C20H18ClN5OS/c1-2-26-17(12-14-8-4-3-5-9-14)23-24-20(26)28-13-18-22-19(25-27-18)15-10-6-7-11-16(15)21/h3-11H,2,12-13H2,1H3. The van der Waals surface area contributed by atoms with Crippen molar-refractivity contribution in [3.8, 4) is 11.4 Å². The number of benzene rings is 2. The van der Waals surface area contributed by atoms with Gasteiger partial charge in [0, 0.05) is 18.5 Å². The third-order valence-electron chi connectivity index (χ3n) is 4.22. The Kier molecular flexibility index (Phi) is 5.73. The highest BCUT2D eigenvalue weighted by atomic mass is 35.5. The molecule has 0 aliphatic carbocycles. The van der Waals surface area contributed by atoms with Gasteiger partial charge < -0.3 is 9.09 Å². The van der Waals surface area contributed by atoms with E-state index in [4.69, 9.17) is 16.1 Å². The first-order chi connectivity index (χ1) is 13.7. The normalized spacial score (nSPS) is 11.1. The smallest absolute Gasteiger partial charge is 0.237 e. The van der Waals surface area contributed by atoms with E-state index in [0.29, 0.717) is 22.5 Å². The van der Waals surface area contributed by atoms with E-state index in [0.717, 1.165) is 29.5 Å². The van der Waals surface area contributed by atoms with E-state index in [1.54, 1.807) is 6.07 Å². The summed E-state index contributed by atoms with van der Waals surface area (Å²) < 4.78 is 7.49. The second kappa shape index (κ2) is 8.58. The average molecular weight is 412 g/mol. The van der Waals surface area contributed by atoms with Gasteiger partial charge in [0.25, 0.3) is 0 Å². The molecule has 0 atom stereocenters. The van der Waals surface area contributed by atoms with E-state index >= 15 is 0 Å². The van der Waals surface area contributed by atoms with Crippen molar-refractivity contribution in [3.63, 3.8) is 0 Å². The minimum Gasteiger partial charge on any atom is -0.338 e. The van der Waals surface area contributed by atoms with Crippen molar-refractivity contribution in [2.45, 2.75) is 30.8 Å². The zero-order valence-corrected chi connectivity index (χ0v) is 16.8. The number of hydrogen-bond donors (Lipinski definition) is 0. The Bertz CT molecular complexity index is 1060. The van der Waals surface area contributed by atoms with E-state index in [1.165, 1.54) is 17.3 Å². The lowest BCUT2D eigenvalue weighted by molar-refractivity contribution is 0.391. The molecule has 4 aromatic rings. The first-order valence-electron chi connectivity index (χ1n) is 8.91. The van der Waals surface area contributed by atoms with E-state index in [1.807, 2.05) is 36.4 Å². The van der Waals surface area contributed by atoms with Gasteiger partial charge in [-0.25, -0.2) is 0 Å². The van der Waals surface area contributed by atoms with Gasteiger partial charge >= 0.3 is 0 Å². The Balaban J connectivity index is 1.46. The molecule has 0 N–H and O–H groups in total. The molecule has 2 aromatic carbocycles. The average Bonchev–Trinajstić information content (AvgIpc) is 3.34. The van der Waals surface area contributed by atoms with Gasteiger partial charge in [0.2, 0.25) is 11.7 Å². The fourth-order valence-corrected chi connectivity index (χ4v) is 3.92. The Hall–Kier alpha value is -2.64. The first kappa shape index (κ1) is 18.7. The van der Waals surface area contributed by atoms with E-state index < -0.39 is 0 Å². The molecular formula is C20H18ClN5OS. The number of halogens is 1. The molecule has 2 heterocycles. The second-order valence-corrected chi connectivity index (χ2v) is 7.44. The van der Waals surface area contributed by atoms with Crippen LogP contribution in [-0.2, 0) is 18.7 Å². The second-order valence-electron chi connectivity index (χ2n) is 6.09. The maximum absolute atomic E-state index is 6.20. The molecule has 0 fully saturated rings. The number of rotatable bonds is 7. The molecule has 142 valence electrons. The van der Waals surface area contributed by atoms with Gasteiger partial charge in [-0.3, -0.25) is 0 Å². The fourth-order valence-electron chi connectivity index (χ4n) is 2.84. The number of hydrogen-bond acceptors (Lipinski definition) is 6. The quantitative estimate of drug-likeness (QED) is 0.403. The molecule has 0 saturated carbocycles. The lowest BCUT2D eigenvalue weighted by Gasteiger charge is -2.06. The molecule has 8 heteroatoms. The highest BCUT2D eigenvalue weighted by Crippen LogP contribution is 2.27. The molecule has 2 aromatic heterocycles. The van der Waals surface area contributed by atoms with Gasteiger partial charge in [-0.2, -0.15) is 4.98 Å².